The van der Waals surface area contributed by atoms with E-state index in [9.17, 15) is 4.79 Å². The minimum atomic E-state index is 0.0719. The summed E-state index contributed by atoms with van der Waals surface area (Å²) in [6.07, 6.45) is 1.34. The van der Waals surface area contributed by atoms with Crippen molar-refractivity contribution in [3.8, 4) is 11.5 Å². The molecule has 1 amide bonds. The summed E-state index contributed by atoms with van der Waals surface area (Å²) in [5, 5.41) is 0. The summed E-state index contributed by atoms with van der Waals surface area (Å²) < 4.78 is 13.7. The van der Waals surface area contributed by atoms with Crippen molar-refractivity contribution >= 4 is 16.9 Å². The topological polar surface area (TPSA) is 56.6 Å². The van der Waals surface area contributed by atoms with Crippen LogP contribution >= 0.6 is 0 Å². The fourth-order valence-corrected chi connectivity index (χ4v) is 5.11. The van der Waals surface area contributed by atoms with Gasteiger partial charge in [-0.2, -0.15) is 0 Å². The maximum Gasteiger partial charge on any atom is 0.223 e. The molecule has 1 aliphatic rings. The lowest BCUT2D eigenvalue weighted by atomic mass is 10.1. The smallest absolute Gasteiger partial charge is 0.223 e. The van der Waals surface area contributed by atoms with E-state index < -0.39 is 0 Å². The lowest BCUT2D eigenvalue weighted by molar-refractivity contribution is -0.128. The first-order valence-corrected chi connectivity index (χ1v) is 12.6. The molecular weight excluding hydrogens is 450 g/mol. The number of benzene rings is 3. The molecule has 186 valence electrons. The Labute approximate surface area is 212 Å². The molecule has 4 aromatic rings. The number of ether oxygens (including phenoxy) is 2. The molecule has 0 spiro atoms. The normalized spacial score (nSPS) is 15.6. The number of hydrogen-bond acceptors (Lipinski definition) is 4. The molecule has 0 saturated carbocycles. The first kappa shape index (κ1) is 23.9. The van der Waals surface area contributed by atoms with E-state index in [0.29, 0.717) is 26.1 Å². The number of para-hydroxylation sites is 3. The van der Waals surface area contributed by atoms with Crippen molar-refractivity contribution in [2.75, 3.05) is 20.3 Å². The fraction of sp³-hybridized carbons (Fsp3) is 0.333. The molecule has 1 fully saturated rings. The maximum atomic E-state index is 12.9. The van der Waals surface area contributed by atoms with Crippen molar-refractivity contribution < 1.29 is 14.3 Å². The van der Waals surface area contributed by atoms with Crippen LogP contribution in [-0.2, 0) is 17.9 Å². The third-order valence-electron chi connectivity index (χ3n) is 6.98. The Bertz CT molecular complexity index is 1340. The van der Waals surface area contributed by atoms with Crippen LogP contribution in [0.15, 0.2) is 66.7 Å². The van der Waals surface area contributed by atoms with Gasteiger partial charge in [-0.15, -0.1) is 0 Å². The number of methoxy groups -OCH3 is 1. The van der Waals surface area contributed by atoms with Gasteiger partial charge in [0.2, 0.25) is 5.91 Å². The predicted molar refractivity (Wildman–Crippen MR) is 142 cm³/mol. The highest BCUT2D eigenvalue weighted by Gasteiger charge is 2.34. The van der Waals surface area contributed by atoms with Crippen molar-refractivity contribution in [1.82, 2.24) is 14.5 Å². The lowest BCUT2D eigenvalue weighted by Gasteiger charge is -2.18. The van der Waals surface area contributed by atoms with Crippen molar-refractivity contribution in [2.24, 2.45) is 0 Å². The molecule has 6 heteroatoms. The summed E-state index contributed by atoms with van der Waals surface area (Å²) in [7, 11) is 1.66. The maximum absolute atomic E-state index is 12.9. The number of fused-ring (bicyclic) bond motifs is 1. The van der Waals surface area contributed by atoms with Crippen molar-refractivity contribution in [2.45, 2.75) is 45.7 Å². The molecular formula is C30H33N3O3. The molecule has 1 saturated heterocycles. The van der Waals surface area contributed by atoms with Crippen LogP contribution in [0.25, 0.3) is 11.0 Å². The number of nitrogens with zero attached hydrogens (tertiary/aromatic N) is 3. The van der Waals surface area contributed by atoms with Crippen molar-refractivity contribution in [3.05, 3.63) is 89.2 Å². The van der Waals surface area contributed by atoms with Crippen LogP contribution in [0.5, 0.6) is 11.5 Å². The standard InChI is InChI=1S/C30H33N3O3/c1-21-8-6-9-22(2)29(21)36-17-7-16-33-27-11-5-4-10-26(27)31-30(33)24-18-28(34)32(20-24)19-23-12-14-25(35-3)15-13-23/h4-6,8-15,24H,7,16-20H2,1-3H3. The SMILES string of the molecule is COc1ccc(CN2CC(c3nc4ccccc4n3CCCOc3c(C)cccc3C)CC2=O)cc1. The van der Waals surface area contributed by atoms with E-state index in [0.717, 1.165) is 58.0 Å². The molecule has 36 heavy (non-hydrogen) atoms. The van der Waals surface area contributed by atoms with Gasteiger partial charge in [-0.05, 0) is 61.2 Å². The van der Waals surface area contributed by atoms with Gasteiger partial charge < -0.3 is 18.9 Å². The second kappa shape index (κ2) is 10.4. The van der Waals surface area contributed by atoms with Crippen molar-refractivity contribution in [1.29, 1.82) is 0 Å². The first-order chi connectivity index (χ1) is 17.5. The first-order valence-electron chi connectivity index (χ1n) is 12.6. The van der Waals surface area contributed by atoms with E-state index in [1.54, 1.807) is 7.11 Å². The van der Waals surface area contributed by atoms with E-state index >= 15 is 0 Å². The zero-order valence-electron chi connectivity index (χ0n) is 21.2. The summed E-state index contributed by atoms with van der Waals surface area (Å²) >= 11 is 0. The Kier molecular flexibility index (Phi) is 6.94. The third-order valence-corrected chi connectivity index (χ3v) is 6.98. The highest BCUT2D eigenvalue weighted by molar-refractivity contribution is 5.81. The van der Waals surface area contributed by atoms with Gasteiger partial charge >= 0.3 is 0 Å². The second-order valence-corrected chi connectivity index (χ2v) is 9.56. The molecule has 0 aliphatic carbocycles. The number of carbonyl (C=O) groups is 1. The van der Waals surface area contributed by atoms with E-state index in [4.69, 9.17) is 14.5 Å². The molecule has 3 aromatic carbocycles. The average molecular weight is 484 g/mol. The van der Waals surface area contributed by atoms with E-state index in [1.165, 1.54) is 0 Å². The van der Waals surface area contributed by atoms with Gasteiger partial charge in [-0.25, -0.2) is 4.98 Å². The van der Waals surface area contributed by atoms with E-state index in [1.807, 2.05) is 41.3 Å². The molecule has 5 rings (SSSR count). The van der Waals surface area contributed by atoms with Gasteiger partial charge in [0.05, 0.1) is 24.8 Å². The van der Waals surface area contributed by atoms with Crippen LogP contribution in [0.1, 0.15) is 41.3 Å². The number of amides is 1. The molecule has 0 N–H and O–H groups in total. The molecule has 1 aliphatic heterocycles. The Morgan fingerprint density at radius 3 is 2.47 bits per heavy atom. The van der Waals surface area contributed by atoms with Gasteiger partial charge in [0.25, 0.3) is 0 Å². The van der Waals surface area contributed by atoms with Gasteiger partial charge in [0.15, 0.2) is 0 Å². The molecule has 1 atom stereocenters. The zero-order chi connectivity index (χ0) is 25.1. The van der Waals surface area contributed by atoms with Gasteiger partial charge in [0.1, 0.15) is 17.3 Å². The van der Waals surface area contributed by atoms with Crippen LogP contribution in [0, 0.1) is 13.8 Å². The van der Waals surface area contributed by atoms with Crippen LogP contribution < -0.4 is 9.47 Å². The summed E-state index contributed by atoms with van der Waals surface area (Å²) in [4.78, 5) is 19.9. The van der Waals surface area contributed by atoms with Crippen LogP contribution in [0.3, 0.4) is 0 Å². The highest BCUT2D eigenvalue weighted by atomic mass is 16.5. The summed E-state index contributed by atoms with van der Waals surface area (Å²) in [5.74, 6) is 3.03. The molecule has 2 heterocycles. The monoisotopic (exact) mass is 483 g/mol. The average Bonchev–Trinajstić information content (AvgIpc) is 3.44. The summed E-state index contributed by atoms with van der Waals surface area (Å²) in [5.41, 5.74) is 5.50. The number of imidazole rings is 1. The minimum Gasteiger partial charge on any atom is -0.497 e. The zero-order valence-corrected chi connectivity index (χ0v) is 21.2. The fourth-order valence-electron chi connectivity index (χ4n) is 5.11. The second-order valence-electron chi connectivity index (χ2n) is 9.56. The minimum absolute atomic E-state index is 0.0719. The largest absolute Gasteiger partial charge is 0.497 e. The number of likely N-dealkylation sites (tertiary alicyclic amines) is 1. The quantitative estimate of drug-likeness (QED) is 0.289. The van der Waals surface area contributed by atoms with Gasteiger partial charge in [-0.1, -0.05) is 42.5 Å². The summed E-state index contributed by atoms with van der Waals surface area (Å²) in [6.45, 7) is 6.86. The van der Waals surface area contributed by atoms with Gasteiger partial charge in [0, 0.05) is 32.0 Å². The van der Waals surface area contributed by atoms with E-state index in [2.05, 4.69) is 48.7 Å². The molecule has 1 aromatic heterocycles. The van der Waals surface area contributed by atoms with Crippen LogP contribution in [-0.4, -0.2) is 40.6 Å². The predicted octanol–water partition coefficient (Wildman–Crippen LogP) is 5.65. The van der Waals surface area contributed by atoms with Crippen molar-refractivity contribution in [3.63, 3.8) is 0 Å². The molecule has 6 nitrogen and oxygen atoms in total. The molecule has 0 bridgehead atoms. The Morgan fingerprint density at radius 1 is 0.972 bits per heavy atom. The van der Waals surface area contributed by atoms with E-state index in [-0.39, 0.29) is 11.8 Å². The Balaban J connectivity index is 1.30. The third kappa shape index (κ3) is 4.94. The van der Waals surface area contributed by atoms with Gasteiger partial charge in [-0.3, -0.25) is 4.79 Å². The number of aromatic nitrogens is 2. The number of carbonyl (C=O) groups excluding carboxylic acids is 1. The lowest BCUT2D eigenvalue weighted by Crippen LogP contribution is -2.24. The Hall–Kier alpha value is -3.80. The number of hydrogen-bond donors (Lipinski definition) is 0. The number of aryl methyl sites for hydroxylation is 3. The molecule has 1 unspecified atom stereocenters. The van der Waals surface area contributed by atoms with Crippen LogP contribution in [0.2, 0.25) is 0 Å². The number of rotatable bonds is 9. The Morgan fingerprint density at radius 2 is 1.72 bits per heavy atom. The summed E-state index contributed by atoms with van der Waals surface area (Å²) in [6, 6.07) is 22.4. The highest BCUT2D eigenvalue weighted by Crippen LogP contribution is 2.32. The van der Waals surface area contributed by atoms with Crippen LogP contribution in [0.4, 0.5) is 0 Å². The molecule has 0 radical (unpaired) electrons.